The van der Waals surface area contributed by atoms with Gasteiger partial charge in [0.2, 0.25) is 0 Å². The third-order valence-electron chi connectivity index (χ3n) is 4.90. The van der Waals surface area contributed by atoms with E-state index >= 15 is 0 Å². The molecule has 0 saturated heterocycles. The van der Waals surface area contributed by atoms with Gasteiger partial charge in [-0.1, -0.05) is 0 Å². The van der Waals surface area contributed by atoms with E-state index in [2.05, 4.69) is 51.5 Å². The number of methoxy groups -OCH3 is 2. The van der Waals surface area contributed by atoms with Crippen molar-refractivity contribution in [3.05, 3.63) is 39.3 Å². The molecule has 30 heavy (non-hydrogen) atoms. The van der Waals surface area contributed by atoms with Gasteiger partial charge in [-0.25, -0.2) is 9.98 Å². The number of aromatic nitrogens is 1. The number of aryl methyl sites for hydroxylation is 1. The number of nitrogens with one attached hydrogen (secondary N) is 2. The number of hydrogen-bond acceptors (Lipinski definition) is 6. The van der Waals surface area contributed by atoms with E-state index in [9.17, 15) is 0 Å². The molecule has 3 rings (SSSR count). The highest BCUT2D eigenvalue weighted by molar-refractivity contribution is 14.0. The summed E-state index contributed by atoms with van der Waals surface area (Å²) in [5.74, 6) is 2.44. The SMILES string of the molecule is CCNC(=NCc1ncc(C)s1)NCCN1CCc2cc(OC)c(OC)cc2C1.I. The molecule has 0 atom stereocenters. The fourth-order valence-corrected chi connectivity index (χ4v) is 4.14. The molecule has 2 heterocycles. The topological polar surface area (TPSA) is 71.0 Å². The number of benzene rings is 1. The maximum absolute atomic E-state index is 5.46. The van der Waals surface area contributed by atoms with Crippen LogP contribution in [0.1, 0.15) is 27.9 Å². The molecule has 166 valence electrons. The number of aliphatic imine (C=N–C) groups is 1. The van der Waals surface area contributed by atoms with Crippen LogP contribution in [0.3, 0.4) is 0 Å². The zero-order valence-electron chi connectivity index (χ0n) is 18.2. The van der Waals surface area contributed by atoms with Crippen LogP contribution < -0.4 is 20.1 Å². The molecular weight excluding hydrogens is 513 g/mol. The van der Waals surface area contributed by atoms with Gasteiger partial charge in [-0.3, -0.25) is 4.90 Å². The minimum atomic E-state index is 0. The lowest BCUT2D eigenvalue weighted by Crippen LogP contribution is -2.42. The zero-order chi connectivity index (χ0) is 20.6. The Morgan fingerprint density at radius 2 is 1.93 bits per heavy atom. The van der Waals surface area contributed by atoms with Gasteiger partial charge in [0.05, 0.1) is 20.8 Å². The van der Waals surface area contributed by atoms with Gasteiger partial charge >= 0.3 is 0 Å². The molecule has 0 amide bonds. The summed E-state index contributed by atoms with van der Waals surface area (Å²) in [5.41, 5.74) is 2.66. The normalized spacial score (nSPS) is 13.9. The van der Waals surface area contributed by atoms with E-state index in [0.717, 1.165) is 61.6 Å². The number of fused-ring (bicyclic) bond motifs is 1. The number of ether oxygens (including phenoxy) is 2. The summed E-state index contributed by atoms with van der Waals surface area (Å²) >= 11 is 1.69. The summed E-state index contributed by atoms with van der Waals surface area (Å²) in [6.07, 6.45) is 2.92. The van der Waals surface area contributed by atoms with Crippen LogP contribution in [-0.2, 0) is 19.5 Å². The van der Waals surface area contributed by atoms with Gasteiger partial charge in [0.25, 0.3) is 0 Å². The van der Waals surface area contributed by atoms with Gasteiger partial charge in [-0.05, 0) is 43.5 Å². The maximum Gasteiger partial charge on any atom is 0.191 e. The number of nitrogens with zero attached hydrogens (tertiary/aromatic N) is 3. The van der Waals surface area contributed by atoms with Crippen LogP contribution in [0.25, 0.3) is 0 Å². The van der Waals surface area contributed by atoms with Crippen LogP contribution in [0.15, 0.2) is 23.3 Å². The summed E-state index contributed by atoms with van der Waals surface area (Å²) in [4.78, 5) is 12.7. The first-order valence-corrected chi connectivity index (χ1v) is 10.8. The summed E-state index contributed by atoms with van der Waals surface area (Å²) in [7, 11) is 3.37. The molecule has 7 nitrogen and oxygen atoms in total. The van der Waals surface area contributed by atoms with Crippen molar-refractivity contribution in [3.63, 3.8) is 0 Å². The Labute approximate surface area is 200 Å². The monoisotopic (exact) mass is 545 g/mol. The summed E-state index contributed by atoms with van der Waals surface area (Å²) in [6.45, 7) is 9.33. The van der Waals surface area contributed by atoms with Crippen LogP contribution in [0.2, 0.25) is 0 Å². The van der Waals surface area contributed by atoms with Crippen LogP contribution in [0.4, 0.5) is 0 Å². The average Bonchev–Trinajstić information content (AvgIpc) is 3.16. The minimum absolute atomic E-state index is 0. The lowest BCUT2D eigenvalue weighted by Gasteiger charge is -2.29. The Morgan fingerprint density at radius 3 is 2.57 bits per heavy atom. The van der Waals surface area contributed by atoms with Crippen molar-refractivity contribution in [3.8, 4) is 11.5 Å². The lowest BCUT2D eigenvalue weighted by molar-refractivity contribution is 0.256. The highest BCUT2D eigenvalue weighted by Gasteiger charge is 2.19. The van der Waals surface area contributed by atoms with E-state index < -0.39 is 0 Å². The highest BCUT2D eigenvalue weighted by Crippen LogP contribution is 2.33. The van der Waals surface area contributed by atoms with Crippen molar-refractivity contribution in [2.24, 2.45) is 4.99 Å². The zero-order valence-corrected chi connectivity index (χ0v) is 21.3. The van der Waals surface area contributed by atoms with Crippen molar-refractivity contribution in [1.82, 2.24) is 20.5 Å². The number of rotatable bonds is 8. The third-order valence-corrected chi connectivity index (χ3v) is 5.80. The number of guanidine groups is 1. The van der Waals surface area contributed by atoms with Gasteiger partial charge < -0.3 is 20.1 Å². The molecule has 0 aliphatic carbocycles. The molecule has 0 radical (unpaired) electrons. The second kappa shape index (κ2) is 12.3. The van der Waals surface area contributed by atoms with E-state index in [4.69, 9.17) is 9.47 Å². The summed E-state index contributed by atoms with van der Waals surface area (Å²) in [5, 5.41) is 7.79. The van der Waals surface area contributed by atoms with Gasteiger partial charge in [0.1, 0.15) is 5.01 Å². The summed E-state index contributed by atoms with van der Waals surface area (Å²) < 4.78 is 10.9. The number of thiazole rings is 1. The first kappa shape index (κ1) is 24.7. The van der Waals surface area contributed by atoms with Crippen LogP contribution in [0, 0.1) is 6.92 Å². The molecule has 1 aliphatic rings. The summed E-state index contributed by atoms with van der Waals surface area (Å²) in [6, 6.07) is 4.22. The second-order valence-electron chi connectivity index (χ2n) is 6.99. The third kappa shape index (κ3) is 6.71. The Balaban J connectivity index is 0.00000320. The van der Waals surface area contributed by atoms with E-state index in [1.165, 1.54) is 16.0 Å². The average molecular weight is 545 g/mol. The Morgan fingerprint density at radius 1 is 1.20 bits per heavy atom. The van der Waals surface area contributed by atoms with Gasteiger partial charge in [0, 0.05) is 43.8 Å². The second-order valence-corrected chi connectivity index (χ2v) is 8.31. The Hall–Kier alpha value is -1.59. The molecule has 0 spiro atoms. The molecule has 1 aromatic carbocycles. The maximum atomic E-state index is 5.46. The molecule has 9 heteroatoms. The van der Waals surface area contributed by atoms with Gasteiger partial charge in [-0.15, -0.1) is 35.3 Å². The van der Waals surface area contributed by atoms with E-state index in [1.54, 1.807) is 25.6 Å². The van der Waals surface area contributed by atoms with Crippen LogP contribution in [-0.4, -0.2) is 56.2 Å². The van der Waals surface area contributed by atoms with E-state index in [0.29, 0.717) is 6.54 Å². The number of halogens is 1. The van der Waals surface area contributed by atoms with E-state index in [-0.39, 0.29) is 24.0 Å². The first-order chi connectivity index (χ1) is 14.1. The molecule has 2 aromatic rings. The van der Waals surface area contributed by atoms with Crippen molar-refractivity contribution < 1.29 is 9.47 Å². The molecule has 0 unspecified atom stereocenters. The molecule has 0 fully saturated rings. The van der Waals surface area contributed by atoms with Crippen molar-refractivity contribution in [2.45, 2.75) is 33.4 Å². The predicted octanol–water partition coefficient (Wildman–Crippen LogP) is 3.20. The van der Waals surface area contributed by atoms with Crippen molar-refractivity contribution in [1.29, 1.82) is 0 Å². The standard InChI is InChI=1S/C21H31N5O2S.HI/c1-5-22-21(25-13-20-24-12-15(2)29-20)23-7-9-26-8-6-16-10-18(27-3)19(28-4)11-17(16)14-26;/h10-12H,5-9,13-14H2,1-4H3,(H2,22,23,25);1H. The van der Waals surface area contributed by atoms with Crippen molar-refractivity contribution >= 4 is 41.3 Å². The molecule has 0 saturated carbocycles. The molecular formula is C21H32IN5O2S. The Kier molecular flexibility index (Phi) is 10.1. The fraction of sp³-hybridized carbons (Fsp3) is 0.524. The fourth-order valence-electron chi connectivity index (χ4n) is 3.43. The molecule has 2 N–H and O–H groups in total. The lowest BCUT2D eigenvalue weighted by atomic mass is 9.99. The highest BCUT2D eigenvalue weighted by atomic mass is 127. The van der Waals surface area contributed by atoms with Crippen LogP contribution in [0.5, 0.6) is 11.5 Å². The predicted molar refractivity (Wildman–Crippen MR) is 134 cm³/mol. The molecule has 0 bridgehead atoms. The minimum Gasteiger partial charge on any atom is -0.493 e. The molecule has 1 aliphatic heterocycles. The smallest absolute Gasteiger partial charge is 0.191 e. The quantitative estimate of drug-likeness (QED) is 0.302. The van der Waals surface area contributed by atoms with Gasteiger partial charge in [0.15, 0.2) is 17.5 Å². The van der Waals surface area contributed by atoms with Gasteiger partial charge in [-0.2, -0.15) is 0 Å². The van der Waals surface area contributed by atoms with Crippen molar-refractivity contribution in [2.75, 3.05) is 40.4 Å². The molecule has 1 aromatic heterocycles. The Bertz CT molecular complexity index is 843. The van der Waals surface area contributed by atoms with E-state index in [1.807, 2.05) is 6.20 Å². The number of hydrogen-bond donors (Lipinski definition) is 2. The largest absolute Gasteiger partial charge is 0.493 e. The first-order valence-electron chi connectivity index (χ1n) is 10.0. The van der Waals surface area contributed by atoms with Crippen LogP contribution >= 0.6 is 35.3 Å².